The molecule has 3 nitrogen and oxygen atoms in total. The lowest BCUT2D eigenvalue weighted by Gasteiger charge is -2.39. The molecule has 4 aromatic rings. The van der Waals surface area contributed by atoms with Crippen LogP contribution in [0.25, 0.3) is 10.9 Å². The first kappa shape index (κ1) is 28.8. The summed E-state index contributed by atoms with van der Waals surface area (Å²) < 4.78 is 50.2. The largest absolute Gasteiger partial charge is 0.489 e. The Balaban J connectivity index is 1.73. The molecule has 0 amide bonds. The maximum atomic E-state index is 14.7. The summed E-state index contributed by atoms with van der Waals surface area (Å²) in [5.74, 6) is 0.517. The van der Waals surface area contributed by atoms with Crippen LogP contribution >= 0.6 is 0 Å². The van der Waals surface area contributed by atoms with E-state index in [1.807, 2.05) is 72.8 Å². The van der Waals surface area contributed by atoms with Crippen molar-refractivity contribution in [2.75, 3.05) is 0 Å². The van der Waals surface area contributed by atoms with Crippen LogP contribution in [0.15, 0.2) is 72.8 Å². The Hall–Kier alpha value is -3.25. The molecule has 0 radical (unpaired) electrons. The molecule has 4 rings (SSSR count). The quantitative estimate of drug-likeness (QED) is 0.237. The highest BCUT2D eigenvalue weighted by Gasteiger charge is 2.56. The molecule has 39 heavy (non-hydrogen) atoms. The van der Waals surface area contributed by atoms with E-state index in [1.165, 1.54) is 0 Å². The topological polar surface area (TPSA) is 45.2 Å². The zero-order chi connectivity index (χ0) is 28.6. The minimum Gasteiger partial charge on any atom is -0.489 e. The summed E-state index contributed by atoms with van der Waals surface area (Å²) in [4.78, 5) is 3.11. The number of rotatable bonds is 8. The highest BCUT2D eigenvalue weighted by atomic mass is 19.4. The SMILES string of the molecule is Cc1c(CC(O)(CC(C)(C)c2cc(C(C)(C)C)ccc2OCc2ccccc2)C(F)(F)F)[nH]c2ccccc12. The van der Waals surface area contributed by atoms with Gasteiger partial charge in [-0.3, -0.25) is 0 Å². The Bertz CT molecular complexity index is 1430. The van der Waals surface area contributed by atoms with Crippen LogP contribution in [0.5, 0.6) is 5.75 Å². The van der Waals surface area contributed by atoms with Crippen LogP contribution in [0.2, 0.25) is 0 Å². The Morgan fingerprint density at radius 3 is 2.10 bits per heavy atom. The number of hydrogen-bond acceptors (Lipinski definition) is 2. The minimum atomic E-state index is -4.85. The molecule has 0 spiro atoms. The lowest BCUT2D eigenvalue weighted by Crippen LogP contribution is -2.51. The van der Waals surface area contributed by atoms with Crippen LogP contribution in [0.1, 0.15) is 69.0 Å². The molecule has 1 aromatic heterocycles. The predicted molar refractivity (Wildman–Crippen MR) is 151 cm³/mol. The number of ether oxygens (including phenoxy) is 1. The van der Waals surface area contributed by atoms with Crippen LogP contribution in [-0.4, -0.2) is 21.9 Å². The van der Waals surface area contributed by atoms with Gasteiger partial charge in [0.25, 0.3) is 0 Å². The number of hydrogen-bond donors (Lipinski definition) is 2. The first-order chi connectivity index (χ1) is 18.1. The fraction of sp³-hybridized carbons (Fsp3) is 0.394. The van der Waals surface area contributed by atoms with Gasteiger partial charge in [0.1, 0.15) is 12.4 Å². The van der Waals surface area contributed by atoms with E-state index in [1.54, 1.807) is 20.8 Å². The van der Waals surface area contributed by atoms with E-state index >= 15 is 0 Å². The van der Waals surface area contributed by atoms with E-state index in [0.717, 1.165) is 22.0 Å². The highest BCUT2D eigenvalue weighted by Crippen LogP contribution is 2.46. The van der Waals surface area contributed by atoms with Crippen LogP contribution < -0.4 is 4.74 Å². The van der Waals surface area contributed by atoms with Gasteiger partial charge in [-0.25, -0.2) is 0 Å². The van der Waals surface area contributed by atoms with Gasteiger partial charge >= 0.3 is 6.18 Å². The molecule has 0 saturated carbocycles. The fourth-order valence-electron chi connectivity index (χ4n) is 5.28. The molecule has 208 valence electrons. The Kier molecular flexibility index (Phi) is 7.65. The molecule has 0 fully saturated rings. The van der Waals surface area contributed by atoms with Crippen molar-refractivity contribution in [3.05, 3.63) is 101 Å². The molecule has 0 aliphatic rings. The normalized spacial score (nSPS) is 14.4. The molecule has 1 heterocycles. The van der Waals surface area contributed by atoms with Gasteiger partial charge in [-0.2, -0.15) is 13.2 Å². The number of para-hydroxylation sites is 1. The molecule has 1 unspecified atom stereocenters. The van der Waals surface area contributed by atoms with Crippen LogP contribution in [-0.2, 0) is 23.9 Å². The van der Waals surface area contributed by atoms with Crippen molar-refractivity contribution in [1.82, 2.24) is 4.98 Å². The molecule has 3 aromatic carbocycles. The molecular formula is C33H38F3NO2. The van der Waals surface area contributed by atoms with E-state index < -0.39 is 30.0 Å². The fourth-order valence-corrected chi connectivity index (χ4v) is 5.28. The van der Waals surface area contributed by atoms with E-state index in [9.17, 15) is 18.3 Å². The smallest absolute Gasteiger partial charge is 0.417 e. The number of alkyl halides is 3. The van der Waals surface area contributed by atoms with Gasteiger partial charge in [-0.15, -0.1) is 0 Å². The van der Waals surface area contributed by atoms with E-state index in [2.05, 4.69) is 25.8 Å². The number of aliphatic hydroxyl groups is 1. The lowest BCUT2D eigenvalue weighted by atomic mass is 9.71. The number of nitrogens with one attached hydrogen (secondary N) is 1. The second-order valence-corrected chi connectivity index (χ2v) is 12.3. The number of halogens is 3. The van der Waals surface area contributed by atoms with Crippen LogP contribution in [0.4, 0.5) is 13.2 Å². The summed E-state index contributed by atoms with van der Waals surface area (Å²) >= 11 is 0. The van der Waals surface area contributed by atoms with Crippen molar-refractivity contribution in [3.8, 4) is 5.75 Å². The summed E-state index contributed by atoms with van der Waals surface area (Å²) in [5, 5.41) is 12.2. The molecule has 1 atom stereocenters. The Morgan fingerprint density at radius 1 is 0.846 bits per heavy atom. The van der Waals surface area contributed by atoms with Gasteiger partial charge in [0.2, 0.25) is 0 Å². The molecule has 6 heteroatoms. The summed E-state index contributed by atoms with van der Waals surface area (Å²) in [5.41, 5.74) is 0.189. The first-order valence-corrected chi connectivity index (χ1v) is 13.3. The van der Waals surface area contributed by atoms with Crippen molar-refractivity contribution in [2.24, 2.45) is 0 Å². The van der Waals surface area contributed by atoms with E-state index in [4.69, 9.17) is 4.74 Å². The zero-order valence-electron chi connectivity index (χ0n) is 23.5. The minimum absolute atomic E-state index is 0.218. The summed E-state index contributed by atoms with van der Waals surface area (Å²) in [7, 11) is 0. The molecule has 2 N–H and O–H groups in total. The predicted octanol–water partition coefficient (Wildman–Crippen LogP) is 8.56. The van der Waals surface area contributed by atoms with Gasteiger partial charge in [-0.05, 0) is 53.0 Å². The van der Waals surface area contributed by atoms with Crippen molar-refractivity contribution in [3.63, 3.8) is 0 Å². The maximum absolute atomic E-state index is 14.7. The third-order valence-electron chi connectivity index (χ3n) is 7.61. The third kappa shape index (κ3) is 6.17. The number of fused-ring (bicyclic) bond motifs is 1. The molecule has 0 bridgehead atoms. The number of aryl methyl sites for hydroxylation is 1. The maximum Gasteiger partial charge on any atom is 0.417 e. The van der Waals surface area contributed by atoms with Crippen LogP contribution in [0, 0.1) is 6.92 Å². The summed E-state index contributed by atoms with van der Waals surface area (Å²) in [6.07, 6.45) is -5.95. The number of aromatic nitrogens is 1. The van der Waals surface area contributed by atoms with Gasteiger partial charge in [0, 0.05) is 28.6 Å². The Labute approximate surface area is 229 Å². The standard InChI is InChI=1S/C33H38F3NO2/c1-22-25-14-10-11-15-27(25)37-28(22)19-32(38,33(34,35)36)21-31(5,6)26-18-24(30(2,3)4)16-17-29(26)39-20-23-12-8-7-9-13-23/h7-18,37-38H,19-21H2,1-6H3. The number of benzene rings is 3. The summed E-state index contributed by atoms with van der Waals surface area (Å²) in [6, 6.07) is 22.8. The second-order valence-electron chi connectivity index (χ2n) is 12.3. The van der Waals surface area contributed by atoms with Crippen molar-refractivity contribution in [2.45, 2.75) is 83.6 Å². The van der Waals surface area contributed by atoms with Gasteiger partial charge in [0.15, 0.2) is 5.60 Å². The Morgan fingerprint density at radius 2 is 1.49 bits per heavy atom. The average Bonchev–Trinajstić information content (AvgIpc) is 3.16. The zero-order valence-corrected chi connectivity index (χ0v) is 23.5. The lowest BCUT2D eigenvalue weighted by molar-refractivity contribution is -0.266. The molecule has 0 saturated heterocycles. The molecule has 0 aliphatic heterocycles. The monoisotopic (exact) mass is 537 g/mol. The summed E-state index contributed by atoms with van der Waals surface area (Å²) in [6.45, 7) is 11.8. The average molecular weight is 538 g/mol. The third-order valence-corrected chi connectivity index (χ3v) is 7.61. The molecule has 0 aliphatic carbocycles. The van der Waals surface area contributed by atoms with Crippen molar-refractivity contribution >= 4 is 10.9 Å². The van der Waals surface area contributed by atoms with Gasteiger partial charge in [-0.1, -0.05) is 95.3 Å². The van der Waals surface area contributed by atoms with Gasteiger partial charge in [0.05, 0.1) is 0 Å². The highest BCUT2D eigenvalue weighted by molar-refractivity contribution is 5.84. The van der Waals surface area contributed by atoms with E-state index in [-0.39, 0.29) is 12.0 Å². The van der Waals surface area contributed by atoms with Crippen molar-refractivity contribution in [1.29, 1.82) is 0 Å². The van der Waals surface area contributed by atoms with Gasteiger partial charge < -0.3 is 14.8 Å². The van der Waals surface area contributed by atoms with Crippen LogP contribution in [0.3, 0.4) is 0 Å². The van der Waals surface area contributed by atoms with E-state index in [0.29, 0.717) is 22.6 Å². The first-order valence-electron chi connectivity index (χ1n) is 13.3. The molecular weight excluding hydrogens is 499 g/mol. The number of H-pyrrole nitrogens is 1. The number of aromatic amines is 1. The van der Waals surface area contributed by atoms with Crippen molar-refractivity contribution < 1.29 is 23.0 Å². The second kappa shape index (κ2) is 10.4.